The first-order valence-electron chi connectivity index (χ1n) is 9.37. The number of carbonyl (C=O) groups excluding carboxylic acids is 1. The number of phenolic OH excluding ortho intramolecular Hbond substituents is 1. The van der Waals surface area contributed by atoms with Crippen LogP contribution in [0, 0.1) is 0 Å². The zero-order valence-corrected chi connectivity index (χ0v) is 17.1. The van der Waals surface area contributed by atoms with Crippen molar-refractivity contribution in [2.45, 2.75) is 45.0 Å². The Morgan fingerprint density at radius 3 is 2.45 bits per heavy atom. The molecule has 4 atom stereocenters. The van der Waals surface area contributed by atoms with E-state index in [2.05, 4.69) is 0 Å². The maximum Gasteiger partial charge on any atom is 0.302 e. The first-order valence-corrected chi connectivity index (χ1v) is 9.37. The summed E-state index contributed by atoms with van der Waals surface area (Å²) in [5.74, 6) is 1.02. The average molecular weight is 402 g/mol. The Hall–Kier alpha value is -2.93. The molecule has 7 heteroatoms. The molecule has 0 saturated carbocycles. The van der Waals surface area contributed by atoms with Crippen molar-refractivity contribution in [2.24, 2.45) is 0 Å². The lowest BCUT2D eigenvalue weighted by molar-refractivity contribution is -0.151. The number of phenols is 1. The maximum atomic E-state index is 11.2. The van der Waals surface area contributed by atoms with Gasteiger partial charge in [0.2, 0.25) is 0 Å². The summed E-state index contributed by atoms with van der Waals surface area (Å²) in [6.07, 6.45) is -2.02. The number of carbonyl (C=O) groups is 1. The third kappa shape index (κ3) is 3.96. The minimum atomic E-state index is -1.00. The van der Waals surface area contributed by atoms with E-state index in [1.807, 2.05) is 13.0 Å². The van der Waals surface area contributed by atoms with Crippen LogP contribution in [0.4, 0.5) is 0 Å². The number of hydrogen-bond donors (Lipinski definition) is 2. The molecule has 0 bridgehead atoms. The fraction of sp³-hybridized carbons (Fsp3) is 0.409. The van der Waals surface area contributed by atoms with Crippen LogP contribution >= 0.6 is 0 Å². The fourth-order valence-corrected chi connectivity index (χ4v) is 3.65. The minimum Gasteiger partial charge on any atom is -0.504 e. The second-order valence-corrected chi connectivity index (χ2v) is 7.16. The quantitative estimate of drug-likeness (QED) is 0.713. The van der Waals surface area contributed by atoms with Crippen LogP contribution in [0.15, 0.2) is 30.3 Å². The number of aliphatic hydroxyl groups excluding tert-OH is 1. The Kier molecular flexibility index (Phi) is 5.88. The maximum absolute atomic E-state index is 11.2. The van der Waals surface area contributed by atoms with E-state index in [9.17, 15) is 15.0 Å². The Bertz CT molecular complexity index is 908. The van der Waals surface area contributed by atoms with E-state index in [1.54, 1.807) is 31.2 Å². The molecule has 2 aromatic rings. The van der Waals surface area contributed by atoms with Crippen molar-refractivity contribution in [3.05, 3.63) is 47.0 Å². The van der Waals surface area contributed by atoms with Crippen molar-refractivity contribution in [2.75, 3.05) is 14.2 Å². The Morgan fingerprint density at radius 2 is 1.83 bits per heavy atom. The number of ether oxygens (including phenoxy) is 4. The molecule has 3 rings (SSSR count). The molecule has 0 saturated heterocycles. The molecule has 2 N–H and O–H groups in total. The highest BCUT2D eigenvalue weighted by Crippen LogP contribution is 2.52. The first-order chi connectivity index (χ1) is 13.8. The lowest BCUT2D eigenvalue weighted by Gasteiger charge is -2.20. The summed E-state index contributed by atoms with van der Waals surface area (Å²) in [6.45, 7) is 4.96. The van der Waals surface area contributed by atoms with E-state index in [0.717, 1.165) is 11.1 Å². The molecule has 0 spiro atoms. The molecule has 2 unspecified atom stereocenters. The molecule has 0 aliphatic carbocycles. The zero-order valence-electron chi connectivity index (χ0n) is 17.1. The van der Waals surface area contributed by atoms with Crippen molar-refractivity contribution >= 4 is 5.97 Å². The van der Waals surface area contributed by atoms with Gasteiger partial charge in [-0.1, -0.05) is 13.0 Å². The third-order valence-electron chi connectivity index (χ3n) is 5.19. The van der Waals surface area contributed by atoms with Gasteiger partial charge in [0.1, 0.15) is 18.3 Å². The molecule has 2 aromatic carbocycles. The normalized spacial score (nSPS) is 19.7. The van der Waals surface area contributed by atoms with E-state index in [4.69, 9.17) is 18.9 Å². The molecular formula is C22H26O7. The molecule has 156 valence electrons. The van der Waals surface area contributed by atoms with Gasteiger partial charge in [-0.2, -0.15) is 0 Å². The average Bonchev–Trinajstić information content (AvgIpc) is 3.03. The van der Waals surface area contributed by atoms with Gasteiger partial charge < -0.3 is 29.2 Å². The van der Waals surface area contributed by atoms with Crippen LogP contribution in [0.3, 0.4) is 0 Å². The monoisotopic (exact) mass is 402 g/mol. The molecule has 0 aromatic heterocycles. The van der Waals surface area contributed by atoms with Crippen LogP contribution in [0.2, 0.25) is 0 Å². The molecule has 1 aliphatic rings. The Balaban J connectivity index is 1.96. The predicted octanol–water partition coefficient (Wildman–Crippen LogP) is 3.63. The molecule has 0 amide bonds. The molecule has 0 fully saturated rings. The van der Waals surface area contributed by atoms with Crippen LogP contribution in [-0.2, 0) is 9.53 Å². The second kappa shape index (κ2) is 8.21. The highest BCUT2D eigenvalue weighted by Gasteiger charge is 2.36. The van der Waals surface area contributed by atoms with Gasteiger partial charge in [0, 0.05) is 18.4 Å². The molecular weight excluding hydrogens is 376 g/mol. The number of methoxy groups -OCH3 is 2. The van der Waals surface area contributed by atoms with Crippen LogP contribution in [-0.4, -0.2) is 36.5 Å². The summed E-state index contributed by atoms with van der Waals surface area (Å²) in [4.78, 5) is 11.2. The van der Waals surface area contributed by atoms with E-state index in [0.29, 0.717) is 22.8 Å². The third-order valence-corrected chi connectivity index (χ3v) is 5.19. The first kappa shape index (κ1) is 20.8. The summed E-state index contributed by atoms with van der Waals surface area (Å²) in [5, 5.41) is 20.5. The molecule has 1 aliphatic heterocycles. The molecule has 7 nitrogen and oxygen atoms in total. The summed E-state index contributed by atoms with van der Waals surface area (Å²) in [7, 11) is 3.03. The van der Waals surface area contributed by atoms with E-state index >= 15 is 0 Å². The topological polar surface area (TPSA) is 94.5 Å². The number of fused-ring (bicyclic) bond motifs is 1. The summed E-state index contributed by atoms with van der Waals surface area (Å²) in [5.41, 5.74) is 2.31. The summed E-state index contributed by atoms with van der Waals surface area (Å²) in [6, 6.07) is 8.64. The smallest absolute Gasteiger partial charge is 0.302 e. The SMILES string of the molecule is COc1cc([C@H]2Oc3c(OC)cc(C(O)C(C)OC(C)=O)cc3[C@@H]2C)ccc1O. The number of benzene rings is 2. The van der Waals surface area contributed by atoms with E-state index < -0.39 is 18.2 Å². The lowest BCUT2D eigenvalue weighted by atomic mass is 9.90. The number of aliphatic hydroxyl groups is 1. The van der Waals surface area contributed by atoms with Gasteiger partial charge in [0.15, 0.2) is 23.0 Å². The molecule has 29 heavy (non-hydrogen) atoms. The van der Waals surface area contributed by atoms with Crippen LogP contribution < -0.4 is 14.2 Å². The van der Waals surface area contributed by atoms with Gasteiger partial charge in [-0.05, 0) is 42.3 Å². The lowest BCUT2D eigenvalue weighted by Crippen LogP contribution is -2.21. The van der Waals surface area contributed by atoms with Gasteiger partial charge in [0.25, 0.3) is 0 Å². The van der Waals surface area contributed by atoms with Crippen molar-refractivity contribution in [3.63, 3.8) is 0 Å². The number of hydrogen-bond acceptors (Lipinski definition) is 7. The summed E-state index contributed by atoms with van der Waals surface area (Å²) >= 11 is 0. The number of esters is 1. The number of aromatic hydroxyl groups is 1. The van der Waals surface area contributed by atoms with Crippen molar-refractivity contribution in [3.8, 4) is 23.0 Å². The zero-order chi connectivity index (χ0) is 21.3. The Labute approximate surface area is 169 Å². The van der Waals surface area contributed by atoms with Crippen LogP contribution in [0.1, 0.15) is 55.6 Å². The number of rotatable bonds is 6. The van der Waals surface area contributed by atoms with Gasteiger partial charge in [0.05, 0.1) is 14.2 Å². The second-order valence-electron chi connectivity index (χ2n) is 7.16. The van der Waals surface area contributed by atoms with Gasteiger partial charge in [-0.25, -0.2) is 0 Å². The van der Waals surface area contributed by atoms with Crippen LogP contribution in [0.25, 0.3) is 0 Å². The van der Waals surface area contributed by atoms with Crippen molar-refractivity contribution < 1.29 is 34.0 Å². The highest BCUT2D eigenvalue weighted by atomic mass is 16.6. The molecule has 1 heterocycles. The summed E-state index contributed by atoms with van der Waals surface area (Å²) < 4.78 is 22.0. The van der Waals surface area contributed by atoms with Crippen LogP contribution in [0.5, 0.6) is 23.0 Å². The molecule has 0 radical (unpaired) electrons. The van der Waals surface area contributed by atoms with Gasteiger partial charge in [-0.15, -0.1) is 0 Å². The largest absolute Gasteiger partial charge is 0.504 e. The van der Waals surface area contributed by atoms with Gasteiger partial charge >= 0.3 is 5.97 Å². The standard InChI is InChI=1S/C22H26O7/c1-11-16-8-15(20(25)12(2)28-13(3)23)10-19(27-5)22(16)29-21(11)14-6-7-17(24)18(9-14)26-4/h6-12,20-21,24-25H,1-5H3/t11-,12?,20?,21-/m0/s1. The van der Waals surface area contributed by atoms with E-state index in [-0.39, 0.29) is 17.8 Å². The van der Waals surface area contributed by atoms with Crippen molar-refractivity contribution in [1.82, 2.24) is 0 Å². The van der Waals surface area contributed by atoms with E-state index in [1.165, 1.54) is 21.1 Å². The predicted molar refractivity (Wildman–Crippen MR) is 106 cm³/mol. The van der Waals surface area contributed by atoms with Gasteiger partial charge in [-0.3, -0.25) is 4.79 Å². The Morgan fingerprint density at radius 1 is 1.14 bits per heavy atom. The van der Waals surface area contributed by atoms with Crippen molar-refractivity contribution in [1.29, 1.82) is 0 Å². The minimum absolute atomic E-state index is 0.0515. The fourth-order valence-electron chi connectivity index (χ4n) is 3.65. The highest BCUT2D eigenvalue weighted by molar-refractivity contribution is 5.66.